The van der Waals surface area contributed by atoms with Crippen molar-refractivity contribution in [1.29, 1.82) is 0 Å². The van der Waals surface area contributed by atoms with Crippen molar-refractivity contribution in [3.8, 4) is 0 Å². The summed E-state index contributed by atoms with van der Waals surface area (Å²) < 4.78 is 1.10. The van der Waals surface area contributed by atoms with E-state index < -0.39 is 5.66 Å². The van der Waals surface area contributed by atoms with Gasteiger partial charge in [0.2, 0.25) is 0 Å². The first-order chi connectivity index (χ1) is 4.65. The summed E-state index contributed by atoms with van der Waals surface area (Å²) in [5, 5.41) is 0. The Hall–Kier alpha value is 0.500. The standard InChI is InChI=1S/C6H12Cl2N2/c7-10(8)6(9)4-2-1-3-5-6/h1-5,9H2. The van der Waals surface area contributed by atoms with Gasteiger partial charge < -0.3 is 5.73 Å². The van der Waals surface area contributed by atoms with Crippen LogP contribution in [0, 0.1) is 0 Å². The Morgan fingerprint density at radius 3 is 1.90 bits per heavy atom. The van der Waals surface area contributed by atoms with Crippen molar-refractivity contribution in [2.24, 2.45) is 5.73 Å². The number of rotatable bonds is 1. The predicted molar refractivity (Wildman–Crippen MR) is 43.5 cm³/mol. The van der Waals surface area contributed by atoms with Gasteiger partial charge in [0, 0.05) is 0 Å². The minimum Gasteiger partial charge on any atom is -0.311 e. The summed E-state index contributed by atoms with van der Waals surface area (Å²) in [5.74, 6) is 0. The molecule has 1 aliphatic rings. The summed E-state index contributed by atoms with van der Waals surface area (Å²) in [6.07, 6.45) is 5.32. The molecule has 60 valence electrons. The van der Waals surface area contributed by atoms with Crippen LogP contribution < -0.4 is 5.73 Å². The van der Waals surface area contributed by atoms with Crippen LogP contribution in [0.2, 0.25) is 0 Å². The van der Waals surface area contributed by atoms with Gasteiger partial charge in [-0.15, -0.1) is 3.94 Å². The van der Waals surface area contributed by atoms with Gasteiger partial charge in [-0.2, -0.15) is 0 Å². The average Bonchev–Trinajstić information content (AvgIpc) is 1.89. The second-order valence-corrected chi connectivity index (χ2v) is 3.75. The Labute approximate surface area is 71.5 Å². The molecule has 0 spiro atoms. The van der Waals surface area contributed by atoms with E-state index in [0.29, 0.717) is 0 Å². The zero-order valence-electron chi connectivity index (χ0n) is 5.82. The van der Waals surface area contributed by atoms with Crippen LogP contribution in [0.3, 0.4) is 0 Å². The molecule has 0 atom stereocenters. The van der Waals surface area contributed by atoms with Crippen LogP contribution in [0.4, 0.5) is 0 Å². The molecule has 0 radical (unpaired) electrons. The number of nitrogens with zero attached hydrogens (tertiary/aromatic N) is 1. The van der Waals surface area contributed by atoms with Crippen LogP contribution in [0.25, 0.3) is 0 Å². The van der Waals surface area contributed by atoms with E-state index in [4.69, 9.17) is 29.3 Å². The fraction of sp³-hybridized carbons (Fsp3) is 1.00. The Morgan fingerprint density at radius 2 is 1.60 bits per heavy atom. The van der Waals surface area contributed by atoms with Crippen molar-refractivity contribution < 1.29 is 0 Å². The van der Waals surface area contributed by atoms with Gasteiger partial charge in [-0.1, -0.05) is 19.3 Å². The third kappa shape index (κ3) is 1.76. The second-order valence-electron chi connectivity index (χ2n) is 2.90. The maximum Gasteiger partial charge on any atom is 0.0992 e. The molecule has 4 heteroatoms. The predicted octanol–water partition coefficient (Wildman–Crippen LogP) is 2.22. The van der Waals surface area contributed by atoms with Crippen LogP contribution in [-0.2, 0) is 0 Å². The molecule has 0 bridgehead atoms. The molecule has 2 nitrogen and oxygen atoms in total. The number of hydrogen-bond donors (Lipinski definition) is 1. The first-order valence-electron chi connectivity index (χ1n) is 3.56. The molecule has 1 rings (SSSR count). The third-order valence-electron chi connectivity index (χ3n) is 2.06. The number of halogens is 2. The smallest absolute Gasteiger partial charge is 0.0992 e. The average molecular weight is 183 g/mol. The molecular formula is C6H12Cl2N2. The van der Waals surface area contributed by atoms with E-state index in [-0.39, 0.29) is 0 Å². The minimum absolute atomic E-state index is 0.457. The van der Waals surface area contributed by atoms with Gasteiger partial charge in [0.15, 0.2) is 0 Å². The molecule has 0 unspecified atom stereocenters. The van der Waals surface area contributed by atoms with Crippen molar-refractivity contribution in [2.75, 3.05) is 0 Å². The van der Waals surface area contributed by atoms with E-state index in [0.717, 1.165) is 29.6 Å². The van der Waals surface area contributed by atoms with Crippen LogP contribution >= 0.6 is 23.6 Å². The maximum absolute atomic E-state index is 5.86. The Morgan fingerprint density at radius 1 is 1.10 bits per heavy atom. The molecule has 0 aromatic heterocycles. The summed E-state index contributed by atoms with van der Waals surface area (Å²) in [5.41, 5.74) is 5.41. The van der Waals surface area contributed by atoms with Crippen molar-refractivity contribution in [3.63, 3.8) is 0 Å². The second kappa shape index (κ2) is 3.26. The highest BCUT2D eigenvalue weighted by atomic mass is 35.5. The lowest BCUT2D eigenvalue weighted by atomic mass is 9.91. The van der Waals surface area contributed by atoms with Crippen LogP contribution in [0.1, 0.15) is 32.1 Å². The largest absolute Gasteiger partial charge is 0.311 e. The van der Waals surface area contributed by atoms with Crippen molar-refractivity contribution in [1.82, 2.24) is 3.94 Å². The Bertz CT molecular complexity index is 110. The van der Waals surface area contributed by atoms with Crippen molar-refractivity contribution in [3.05, 3.63) is 0 Å². The summed E-state index contributed by atoms with van der Waals surface area (Å²) in [6.45, 7) is 0. The Kier molecular flexibility index (Phi) is 2.81. The minimum atomic E-state index is -0.457. The van der Waals surface area contributed by atoms with Gasteiger partial charge in [-0.25, -0.2) is 0 Å². The van der Waals surface area contributed by atoms with Crippen molar-refractivity contribution >= 4 is 23.6 Å². The highest BCUT2D eigenvalue weighted by molar-refractivity contribution is 6.34. The normalized spacial score (nSPS) is 25.2. The maximum atomic E-state index is 5.86. The zero-order valence-corrected chi connectivity index (χ0v) is 7.33. The van der Waals surface area contributed by atoms with E-state index in [1.54, 1.807) is 0 Å². The van der Waals surface area contributed by atoms with Crippen LogP contribution in [0.15, 0.2) is 0 Å². The van der Waals surface area contributed by atoms with E-state index in [1.165, 1.54) is 6.42 Å². The topological polar surface area (TPSA) is 29.3 Å². The van der Waals surface area contributed by atoms with E-state index in [2.05, 4.69) is 0 Å². The molecule has 0 aromatic rings. The van der Waals surface area contributed by atoms with Crippen molar-refractivity contribution in [2.45, 2.75) is 37.8 Å². The zero-order chi connectivity index (χ0) is 7.61. The lowest BCUT2D eigenvalue weighted by Gasteiger charge is -2.35. The van der Waals surface area contributed by atoms with Gasteiger partial charge >= 0.3 is 0 Å². The monoisotopic (exact) mass is 182 g/mol. The SMILES string of the molecule is NC1(N(Cl)Cl)CCCCC1. The molecule has 1 saturated carbocycles. The molecule has 1 fully saturated rings. The molecule has 0 amide bonds. The first kappa shape index (κ1) is 8.60. The molecule has 0 aromatic carbocycles. The summed E-state index contributed by atoms with van der Waals surface area (Å²) in [7, 11) is 0. The fourth-order valence-corrected chi connectivity index (χ4v) is 1.67. The number of nitrogens with two attached hydrogens (primary N) is 1. The van der Waals surface area contributed by atoms with E-state index in [9.17, 15) is 0 Å². The van der Waals surface area contributed by atoms with Gasteiger partial charge in [0.25, 0.3) is 0 Å². The van der Waals surface area contributed by atoms with Gasteiger partial charge in [0.1, 0.15) is 0 Å². The molecule has 0 aliphatic heterocycles. The number of hydrogen-bond acceptors (Lipinski definition) is 2. The van der Waals surface area contributed by atoms with E-state index in [1.807, 2.05) is 0 Å². The van der Waals surface area contributed by atoms with Gasteiger partial charge in [-0.3, -0.25) is 0 Å². The Balaban J connectivity index is 2.48. The lowest BCUT2D eigenvalue weighted by Crippen LogP contribution is -2.49. The third-order valence-corrected chi connectivity index (χ3v) is 2.73. The molecule has 0 heterocycles. The fourth-order valence-electron chi connectivity index (χ4n) is 1.33. The quantitative estimate of drug-likeness (QED) is 0.498. The molecular weight excluding hydrogens is 171 g/mol. The van der Waals surface area contributed by atoms with Crippen LogP contribution in [0.5, 0.6) is 0 Å². The summed E-state index contributed by atoms with van der Waals surface area (Å²) in [4.78, 5) is 0. The summed E-state index contributed by atoms with van der Waals surface area (Å²) >= 11 is 11.1. The van der Waals surface area contributed by atoms with E-state index >= 15 is 0 Å². The first-order valence-corrected chi connectivity index (χ1v) is 4.23. The van der Waals surface area contributed by atoms with Gasteiger partial charge in [-0.05, 0) is 36.4 Å². The van der Waals surface area contributed by atoms with Gasteiger partial charge in [0.05, 0.1) is 5.66 Å². The highest BCUT2D eigenvalue weighted by Gasteiger charge is 2.32. The molecule has 1 aliphatic carbocycles. The lowest BCUT2D eigenvalue weighted by molar-refractivity contribution is 0.209. The molecule has 0 saturated heterocycles. The molecule has 2 N–H and O–H groups in total. The summed E-state index contributed by atoms with van der Waals surface area (Å²) in [6, 6.07) is 0. The van der Waals surface area contributed by atoms with Crippen LogP contribution in [-0.4, -0.2) is 9.60 Å². The highest BCUT2D eigenvalue weighted by Crippen LogP contribution is 2.31. The molecule has 10 heavy (non-hydrogen) atoms.